The maximum atomic E-state index is 12.3. The van der Waals surface area contributed by atoms with Crippen LogP contribution < -0.4 is 16.4 Å². The Morgan fingerprint density at radius 2 is 2.00 bits per heavy atom. The lowest BCUT2D eigenvalue weighted by Crippen LogP contribution is -2.34. The highest BCUT2D eigenvalue weighted by Gasteiger charge is 2.25. The number of carbonyl (C=O) groups excluding carboxylic acids is 2. The van der Waals surface area contributed by atoms with Crippen molar-refractivity contribution in [2.75, 3.05) is 10.6 Å². The highest BCUT2D eigenvalue weighted by Crippen LogP contribution is 2.26. The van der Waals surface area contributed by atoms with E-state index in [1.165, 1.54) is 6.92 Å². The van der Waals surface area contributed by atoms with Crippen LogP contribution in [0.1, 0.15) is 38.2 Å². The lowest BCUT2D eigenvalue weighted by atomic mass is 9.85. The van der Waals surface area contributed by atoms with Gasteiger partial charge in [0.1, 0.15) is 0 Å². The predicted octanol–water partition coefficient (Wildman–Crippen LogP) is 2.41. The van der Waals surface area contributed by atoms with Gasteiger partial charge in [-0.3, -0.25) is 9.59 Å². The average Bonchev–Trinajstić information content (AvgIpc) is 2.42. The number of carbonyl (C=O) groups is 2. The zero-order valence-corrected chi connectivity index (χ0v) is 12.6. The van der Waals surface area contributed by atoms with Crippen LogP contribution >= 0.6 is 0 Å². The molecular weight excluding hydrogens is 266 g/mol. The summed E-state index contributed by atoms with van der Waals surface area (Å²) in [5, 5.41) is 5.69. The fourth-order valence-corrected chi connectivity index (χ4v) is 2.74. The first-order valence-corrected chi connectivity index (χ1v) is 7.40. The molecule has 1 aliphatic carbocycles. The molecule has 21 heavy (non-hydrogen) atoms. The fraction of sp³-hybridized carbons (Fsp3) is 0.500. The summed E-state index contributed by atoms with van der Waals surface area (Å²) in [6, 6.07) is 5.62. The number of nitrogens with one attached hydrogen (secondary N) is 2. The van der Waals surface area contributed by atoms with Crippen molar-refractivity contribution in [3.63, 3.8) is 0 Å². The van der Waals surface area contributed by atoms with Crippen LogP contribution in [-0.4, -0.2) is 17.9 Å². The zero-order valence-electron chi connectivity index (χ0n) is 12.6. The molecule has 0 spiro atoms. The number of nitrogens with two attached hydrogens (primary N) is 1. The van der Waals surface area contributed by atoms with Gasteiger partial charge < -0.3 is 16.4 Å². The SMILES string of the molecule is CC(=O)Nc1ccc(C)c(NC(=O)C2CCCC(N)C2)c1. The van der Waals surface area contributed by atoms with Gasteiger partial charge >= 0.3 is 0 Å². The Labute approximate surface area is 125 Å². The number of amides is 2. The zero-order chi connectivity index (χ0) is 15.4. The van der Waals surface area contributed by atoms with Gasteiger partial charge in [-0.2, -0.15) is 0 Å². The minimum absolute atomic E-state index is 0.0161. The molecular formula is C16H23N3O2. The van der Waals surface area contributed by atoms with Gasteiger partial charge in [-0.15, -0.1) is 0 Å². The molecule has 1 aromatic rings. The van der Waals surface area contributed by atoms with Crippen molar-refractivity contribution in [1.82, 2.24) is 0 Å². The van der Waals surface area contributed by atoms with Gasteiger partial charge in [0.25, 0.3) is 0 Å². The predicted molar refractivity (Wildman–Crippen MR) is 84.0 cm³/mol. The third kappa shape index (κ3) is 4.29. The van der Waals surface area contributed by atoms with Crippen LogP contribution in [-0.2, 0) is 9.59 Å². The lowest BCUT2D eigenvalue weighted by molar-refractivity contribution is -0.121. The molecule has 1 aliphatic rings. The molecule has 2 unspecified atom stereocenters. The second kappa shape index (κ2) is 6.72. The maximum absolute atomic E-state index is 12.3. The minimum Gasteiger partial charge on any atom is -0.328 e. The standard InChI is InChI=1S/C16H23N3O2/c1-10-6-7-14(18-11(2)20)9-15(10)19-16(21)12-4-3-5-13(17)8-12/h6-7,9,12-13H,3-5,8,17H2,1-2H3,(H,18,20)(H,19,21). The second-order valence-electron chi connectivity index (χ2n) is 5.82. The molecule has 0 aliphatic heterocycles. The molecule has 2 rings (SSSR count). The maximum Gasteiger partial charge on any atom is 0.227 e. The van der Waals surface area contributed by atoms with E-state index >= 15 is 0 Å². The lowest BCUT2D eigenvalue weighted by Gasteiger charge is -2.26. The fourth-order valence-electron chi connectivity index (χ4n) is 2.74. The smallest absolute Gasteiger partial charge is 0.227 e. The van der Waals surface area contributed by atoms with Crippen molar-refractivity contribution >= 4 is 23.2 Å². The van der Waals surface area contributed by atoms with Crippen LogP contribution in [0.5, 0.6) is 0 Å². The molecule has 1 saturated carbocycles. The number of hydrogen-bond acceptors (Lipinski definition) is 3. The summed E-state index contributed by atoms with van der Waals surface area (Å²) in [4.78, 5) is 23.4. The van der Waals surface area contributed by atoms with Crippen LogP contribution in [0.3, 0.4) is 0 Å². The Morgan fingerprint density at radius 3 is 2.67 bits per heavy atom. The first-order chi connectivity index (χ1) is 9.95. The highest BCUT2D eigenvalue weighted by atomic mass is 16.2. The monoisotopic (exact) mass is 289 g/mol. The topological polar surface area (TPSA) is 84.2 Å². The van der Waals surface area contributed by atoms with E-state index in [9.17, 15) is 9.59 Å². The van der Waals surface area contributed by atoms with E-state index < -0.39 is 0 Å². The quantitative estimate of drug-likeness (QED) is 0.799. The van der Waals surface area contributed by atoms with Crippen LogP contribution in [0.4, 0.5) is 11.4 Å². The molecule has 5 nitrogen and oxygen atoms in total. The van der Waals surface area contributed by atoms with E-state index in [-0.39, 0.29) is 23.8 Å². The van der Waals surface area contributed by atoms with Gasteiger partial charge in [0.15, 0.2) is 0 Å². The van der Waals surface area contributed by atoms with Crippen molar-refractivity contribution < 1.29 is 9.59 Å². The summed E-state index contributed by atoms with van der Waals surface area (Å²) in [5.74, 6) is -0.125. The molecule has 4 N–H and O–H groups in total. The van der Waals surface area contributed by atoms with Gasteiger partial charge in [0.2, 0.25) is 11.8 Å². The van der Waals surface area contributed by atoms with Gasteiger partial charge in [0, 0.05) is 30.3 Å². The molecule has 0 heterocycles. The molecule has 0 bridgehead atoms. The Morgan fingerprint density at radius 1 is 1.24 bits per heavy atom. The first-order valence-electron chi connectivity index (χ1n) is 7.40. The Kier molecular flexibility index (Phi) is 4.96. The minimum atomic E-state index is -0.130. The summed E-state index contributed by atoms with van der Waals surface area (Å²) in [6.45, 7) is 3.39. The van der Waals surface area contributed by atoms with Crippen molar-refractivity contribution in [2.24, 2.45) is 11.7 Å². The van der Waals surface area contributed by atoms with E-state index in [2.05, 4.69) is 10.6 Å². The van der Waals surface area contributed by atoms with E-state index in [1.54, 1.807) is 6.07 Å². The Bertz CT molecular complexity index is 542. The Hall–Kier alpha value is -1.88. The molecule has 0 radical (unpaired) electrons. The van der Waals surface area contributed by atoms with E-state index in [0.717, 1.165) is 36.9 Å². The first kappa shape index (κ1) is 15.5. The third-order valence-electron chi connectivity index (χ3n) is 3.90. The number of aryl methyl sites for hydroxylation is 1. The number of benzene rings is 1. The molecule has 1 fully saturated rings. The number of anilines is 2. The van der Waals surface area contributed by atoms with Crippen LogP contribution in [0, 0.1) is 12.8 Å². The normalized spacial score (nSPS) is 21.7. The van der Waals surface area contributed by atoms with Crippen molar-refractivity contribution in [3.05, 3.63) is 23.8 Å². The molecule has 1 aromatic carbocycles. The average molecular weight is 289 g/mol. The molecule has 2 amide bonds. The molecule has 5 heteroatoms. The summed E-state index contributed by atoms with van der Waals surface area (Å²) in [6.07, 6.45) is 3.64. The Balaban J connectivity index is 2.07. The van der Waals surface area contributed by atoms with Crippen molar-refractivity contribution in [1.29, 1.82) is 0 Å². The van der Waals surface area contributed by atoms with Gasteiger partial charge in [0.05, 0.1) is 0 Å². The third-order valence-corrected chi connectivity index (χ3v) is 3.90. The van der Waals surface area contributed by atoms with Crippen molar-refractivity contribution in [3.8, 4) is 0 Å². The van der Waals surface area contributed by atoms with Gasteiger partial charge in [-0.25, -0.2) is 0 Å². The van der Waals surface area contributed by atoms with E-state index in [4.69, 9.17) is 5.73 Å². The van der Waals surface area contributed by atoms with Gasteiger partial charge in [-0.05, 0) is 43.9 Å². The summed E-state index contributed by atoms with van der Waals surface area (Å²) < 4.78 is 0. The van der Waals surface area contributed by atoms with Crippen LogP contribution in [0.2, 0.25) is 0 Å². The van der Waals surface area contributed by atoms with Crippen molar-refractivity contribution in [2.45, 2.75) is 45.6 Å². The molecule has 2 atom stereocenters. The largest absolute Gasteiger partial charge is 0.328 e. The number of rotatable bonds is 3. The summed E-state index contributed by atoms with van der Waals surface area (Å²) in [5.41, 5.74) is 8.33. The number of hydrogen-bond donors (Lipinski definition) is 3. The summed E-state index contributed by atoms with van der Waals surface area (Å²) >= 11 is 0. The highest BCUT2D eigenvalue weighted by molar-refractivity contribution is 5.95. The van der Waals surface area contributed by atoms with E-state index in [0.29, 0.717) is 5.69 Å². The molecule has 114 valence electrons. The van der Waals surface area contributed by atoms with Gasteiger partial charge in [-0.1, -0.05) is 12.5 Å². The second-order valence-corrected chi connectivity index (χ2v) is 5.82. The molecule has 0 aromatic heterocycles. The van der Waals surface area contributed by atoms with Crippen LogP contribution in [0.25, 0.3) is 0 Å². The molecule has 0 saturated heterocycles. The van der Waals surface area contributed by atoms with Crippen LogP contribution in [0.15, 0.2) is 18.2 Å². The van der Waals surface area contributed by atoms with E-state index in [1.807, 2.05) is 19.1 Å². The summed E-state index contributed by atoms with van der Waals surface area (Å²) in [7, 11) is 0.